The van der Waals surface area contributed by atoms with Crippen molar-refractivity contribution in [2.24, 2.45) is 0 Å². The number of hydrogen-bond donors (Lipinski definition) is 0. The number of benzene rings is 1. The van der Waals surface area contributed by atoms with Gasteiger partial charge in [0, 0.05) is 45.1 Å². The third kappa shape index (κ3) is 3.60. The lowest BCUT2D eigenvalue weighted by Crippen LogP contribution is -2.48. The molecule has 4 rings (SSSR count). The summed E-state index contributed by atoms with van der Waals surface area (Å²) in [6.07, 6.45) is 4.20. The van der Waals surface area contributed by atoms with E-state index in [1.54, 1.807) is 18.5 Å². The number of rotatable bonds is 5. The summed E-state index contributed by atoms with van der Waals surface area (Å²) < 4.78 is 0. The fraction of sp³-hybridized carbons (Fsp3) is 0.364. The Balaban J connectivity index is 1.64. The molecule has 7 heteroatoms. The molecule has 150 valence electrons. The van der Waals surface area contributed by atoms with Gasteiger partial charge in [0.25, 0.3) is 11.8 Å². The standard InChI is InChI=1S/C22H25N5O2/c1-3-11-27-20(28)18(17-7-5-16(2)6-8-17)19(21(27)29)25-12-14-26(15-13-25)22-23-9-4-10-24-22/h4-10H,3,11-15H2,1-2H3. The van der Waals surface area contributed by atoms with Crippen LogP contribution in [0.1, 0.15) is 24.5 Å². The molecule has 0 saturated carbocycles. The fourth-order valence-electron chi connectivity index (χ4n) is 3.85. The average Bonchev–Trinajstić information content (AvgIpc) is 3.00. The Morgan fingerprint density at radius 2 is 1.52 bits per heavy atom. The summed E-state index contributed by atoms with van der Waals surface area (Å²) in [5, 5.41) is 0. The third-order valence-corrected chi connectivity index (χ3v) is 5.36. The first-order chi connectivity index (χ1) is 14.1. The molecule has 2 aliphatic heterocycles. The monoisotopic (exact) mass is 391 g/mol. The minimum Gasteiger partial charge on any atom is -0.363 e. The number of carbonyl (C=O) groups excluding carboxylic acids is 2. The van der Waals surface area contributed by atoms with Crippen LogP contribution in [0.5, 0.6) is 0 Å². The number of nitrogens with zero attached hydrogens (tertiary/aromatic N) is 5. The number of piperazine rings is 1. The maximum Gasteiger partial charge on any atom is 0.277 e. The topological polar surface area (TPSA) is 69.6 Å². The molecule has 0 bridgehead atoms. The molecule has 0 atom stereocenters. The van der Waals surface area contributed by atoms with Crippen LogP contribution in [0, 0.1) is 6.92 Å². The Bertz CT molecular complexity index is 931. The van der Waals surface area contributed by atoms with Crippen molar-refractivity contribution in [3.8, 4) is 0 Å². The Morgan fingerprint density at radius 3 is 2.14 bits per heavy atom. The second-order valence-electron chi connectivity index (χ2n) is 7.37. The normalized spacial score (nSPS) is 17.5. The van der Waals surface area contributed by atoms with E-state index in [1.165, 1.54) is 4.90 Å². The van der Waals surface area contributed by atoms with Gasteiger partial charge in [-0.1, -0.05) is 36.8 Å². The van der Waals surface area contributed by atoms with Crippen molar-refractivity contribution in [3.05, 3.63) is 59.5 Å². The van der Waals surface area contributed by atoms with Gasteiger partial charge >= 0.3 is 0 Å². The molecule has 2 aliphatic rings. The van der Waals surface area contributed by atoms with Crippen LogP contribution in [0.4, 0.5) is 5.95 Å². The van der Waals surface area contributed by atoms with Crippen LogP contribution in [0.2, 0.25) is 0 Å². The van der Waals surface area contributed by atoms with Gasteiger partial charge in [0.1, 0.15) is 5.70 Å². The summed E-state index contributed by atoms with van der Waals surface area (Å²) in [6.45, 7) is 7.10. The molecule has 7 nitrogen and oxygen atoms in total. The van der Waals surface area contributed by atoms with Crippen LogP contribution in [0.25, 0.3) is 5.57 Å². The van der Waals surface area contributed by atoms with Crippen LogP contribution in [0.15, 0.2) is 48.4 Å². The molecule has 1 aromatic carbocycles. The van der Waals surface area contributed by atoms with E-state index in [1.807, 2.05) is 43.0 Å². The molecule has 1 fully saturated rings. The number of aromatic nitrogens is 2. The molecule has 0 radical (unpaired) electrons. The zero-order chi connectivity index (χ0) is 20.4. The molecular weight excluding hydrogens is 366 g/mol. The highest BCUT2D eigenvalue weighted by Gasteiger charge is 2.41. The summed E-state index contributed by atoms with van der Waals surface area (Å²) in [4.78, 5) is 40.5. The number of hydrogen-bond acceptors (Lipinski definition) is 6. The third-order valence-electron chi connectivity index (χ3n) is 5.36. The van der Waals surface area contributed by atoms with Gasteiger partial charge in [-0.15, -0.1) is 0 Å². The summed E-state index contributed by atoms with van der Waals surface area (Å²) >= 11 is 0. The lowest BCUT2D eigenvalue weighted by molar-refractivity contribution is -0.137. The Labute approximate surface area is 170 Å². The molecule has 1 saturated heterocycles. The molecule has 29 heavy (non-hydrogen) atoms. The first-order valence-electron chi connectivity index (χ1n) is 10.0. The van der Waals surface area contributed by atoms with Crippen LogP contribution >= 0.6 is 0 Å². The fourth-order valence-corrected chi connectivity index (χ4v) is 3.85. The predicted molar refractivity (Wildman–Crippen MR) is 111 cm³/mol. The van der Waals surface area contributed by atoms with E-state index >= 15 is 0 Å². The predicted octanol–water partition coefficient (Wildman–Crippen LogP) is 2.10. The van der Waals surface area contributed by atoms with E-state index in [2.05, 4.69) is 14.9 Å². The molecule has 2 amide bonds. The van der Waals surface area contributed by atoms with Gasteiger partial charge in [-0.05, 0) is 25.0 Å². The van der Waals surface area contributed by atoms with Crippen molar-refractivity contribution in [3.63, 3.8) is 0 Å². The van der Waals surface area contributed by atoms with Gasteiger partial charge in [-0.2, -0.15) is 0 Å². The SMILES string of the molecule is CCCN1C(=O)C(c2ccc(C)cc2)=C(N2CCN(c3ncccn3)CC2)C1=O. The highest BCUT2D eigenvalue weighted by molar-refractivity contribution is 6.35. The van der Waals surface area contributed by atoms with Gasteiger partial charge in [-0.25, -0.2) is 9.97 Å². The van der Waals surface area contributed by atoms with E-state index < -0.39 is 0 Å². The van der Waals surface area contributed by atoms with Crippen LogP contribution in [-0.2, 0) is 9.59 Å². The van der Waals surface area contributed by atoms with Crippen molar-refractivity contribution >= 4 is 23.3 Å². The van der Waals surface area contributed by atoms with Gasteiger partial charge in [0.2, 0.25) is 5.95 Å². The lowest BCUT2D eigenvalue weighted by Gasteiger charge is -2.36. The molecule has 3 heterocycles. The summed E-state index contributed by atoms with van der Waals surface area (Å²) in [7, 11) is 0. The largest absolute Gasteiger partial charge is 0.363 e. The second kappa shape index (κ2) is 8.03. The smallest absolute Gasteiger partial charge is 0.277 e. The average molecular weight is 391 g/mol. The van der Waals surface area contributed by atoms with E-state index in [9.17, 15) is 9.59 Å². The number of aryl methyl sites for hydroxylation is 1. The Morgan fingerprint density at radius 1 is 0.897 bits per heavy atom. The highest BCUT2D eigenvalue weighted by atomic mass is 16.2. The summed E-state index contributed by atoms with van der Waals surface area (Å²) in [5.41, 5.74) is 2.97. The molecule has 0 spiro atoms. The number of imide groups is 1. The zero-order valence-corrected chi connectivity index (χ0v) is 16.8. The summed E-state index contributed by atoms with van der Waals surface area (Å²) in [6, 6.07) is 9.61. The molecule has 0 N–H and O–H groups in total. The van der Waals surface area contributed by atoms with Gasteiger partial charge in [0.15, 0.2) is 0 Å². The molecule has 0 unspecified atom stereocenters. The van der Waals surface area contributed by atoms with E-state index in [0.29, 0.717) is 49.9 Å². The Hall–Kier alpha value is -3.22. The van der Waals surface area contributed by atoms with E-state index in [-0.39, 0.29) is 11.8 Å². The highest BCUT2D eigenvalue weighted by Crippen LogP contribution is 2.32. The number of anilines is 1. The second-order valence-corrected chi connectivity index (χ2v) is 7.37. The minimum absolute atomic E-state index is 0.183. The van der Waals surface area contributed by atoms with E-state index in [0.717, 1.165) is 17.5 Å². The number of amides is 2. The van der Waals surface area contributed by atoms with Crippen LogP contribution in [0.3, 0.4) is 0 Å². The minimum atomic E-state index is -0.190. The van der Waals surface area contributed by atoms with Crippen molar-refractivity contribution in [2.75, 3.05) is 37.6 Å². The van der Waals surface area contributed by atoms with Gasteiger partial charge < -0.3 is 9.80 Å². The van der Waals surface area contributed by atoms with Crippen LogP contribution < -0.4 is 4.90 Å². The molecule has 1 aromatic heterocycles. The Kier molecular flexibility index (Phi) is 5.29. The van der Waals surface area contributed by atoms with Crippen LogP contribution in [-0.4, -0.2) is 64.3 Å². The maximum atomic E-state index is 13.2. The number of carbonyl (C=O) groups is 2. The van der Waals surface area contributed by atoms with Gasteiger partial charge in [-0.3, -0.25) is 14.5 Å². The molecule has 2 aromatic rings. The zero-order valence-electron chi connectivity index (χ0n) is 16.8. The first kappa shape index (κ1) is 19.1. The summed E-state index contributed by atoms with van der Waals surface area (Å²) in [5.74, 6) is 0.322. The maximum absolute atomic E-state index is 13.2. The van der Waals surface area contributed by atoms with Crippen molar-refractivity contribution in [2.45, 2.75) is 20.3 Å². The van der Waals surface area contributed by atoms with E-state index in [4.69, 9.17) is 0 Å². The first-order valence-corrected chi connectivity index (χ1v) is 10.0. The molecule has 0 aliphatic carbocycles. The van der Waals surface area contributed by atoms with Crippen molar-refractivity contribution < 1.29 is 9.59 Å². The van der Waals surface area contributed by atoms with Gasteiger partial charge in [0.05, 0.1) is 5.57 Å². The van der Waals surface area contributed by atoms with Crippen molar-refractivity contribution in [1.29, 1.82) is 0 Å². The quantitative estimate of drug-likeness (QED) is 0.727. The molecular formula is C22H25N5O2. The van der Waals surface area contributed by atoms with Crippen molar-refractivity contribution in [1.82, 2.24) is 19.8 Å². The lowest BCUT2D eigenvalue weighted by atomic mass is 10.0.